The molecule has 100 valence electrons. The third-order valence-corrected chi connectivity index (χ3v) is 5.23. The Kier molecular flexibility index (Phi) is 3.88. The van der Waals surface area contributed by atoms with Gasteiger partial charge >= 0.3 is 10.2 Å². The molecule has 1 amide bonds. The molecule has 6 nitrogen and oxygen atoms in total. The molecule has 0 radical (unpaired) electrons. The maximum absolute atomic E-state index is 12.0. The maximum atomic E-state index is 12.0. The summed E-state index contributed by atoms with van der Waals surface area (Å²) in [5.74, 6) is -0.552. The fourth-order valence-corrected chi connectivity index (χ4v) is 3.89. The standard InChI is InChI=1S/C10H15N3O3S2/c11-10(14)9-6-8(7-17-9)12-18(15,16)13-4-2-1-3-5-13/h6-7,12H,1-5H2,(H2,11,14). The van der Waals surface area contributed by atoms with Crippen LogP contribution in [0, 0.1) is 0 Å². The van der Waals surface area contributed by atoms with E-state index in [9.17, 15) is 13.2 Å². The second kappa shape index (κ2) is 5.25. The van der Waals surface area contributed by atoms with Crippen LogP contribution < -0.4 is 10.5 Å². The summed E-state index contributed by atoms with van der Waals surface area (Å²) in [6.45, 7) is 1.09. The molecular formula is C10H15N3O3S2. The molecule has 1 fully saturated rings. The zero-order valence-electron chi connectivity index (χ0n) is 9.76. The Labute approximate surface area is 110 Å². The Morgan fingerprint density at radius 3 is 2.56 bits per heavy atom. The van der Waals surface area contributed by atoms with Crippen LogP contribution in [0.15, 0.2) is 11.4 Å². The van der Waals surface area contributed by atoms with Gasteiger partial charge in [-0.1, -0.05) is 6.42 Å². The number of piperidine rings is 1. The SMILES string of the molecule is NC(=O)c1cc(NS(=O)(=O)N2CCCCC2)cs1. The van der Waals surface area contributed by atoms with Crippen LogP contribution in [0.1, 0.15) is 28.9 Å². The van der Waals surface area contributed by atoms with Crippen molar-refractivity contribution in [1.29, 1.82) is 0 Å². The number of thiophene rings is 1. The van der Waals surface area contributed by atoms with Gasteiger partial charge in [0, 0.05) is 18.5 Å². The minimum atomic E-state index is -3.51. The molecule has 0 saturated carbocycles. The largest absolute Gasteiger partial charge is 0.365 e. The van der Waals surface area contributed by atoms with Crippen LogP contribution in [-0.4, -0.2) is 31.7 Å². The third kappa shape index (κ3) is 3.01. The number of hydrogen-bond acceptors (Lipinski definition) is 4. The topological polar surface area (TPSA) is 92.5 Å². The van der Waals surface area contributed by atoms with Crippen LogP contribution in [-0.2, 0) is 10.2 Å². The smallest absolute Gasteiger partial charge is 0.301 e. The molecule has 0 bridgehead atoms. The molecule has 1 saturated heterocycles. The van der Waals surface area contributed by atoms with Gasteiger partial charge in [-0.2, -0.15) is 12.7 Å². The average Bonchev–Trinajstić information content (AvgIpc) is 2.78. The van der Waals surface area contributed by atoms with Gasteiger partial charge in [0.1, 0.15) is 0 Å². The highest BCUT2D eigenvalue weighted by atomic mass is 32.2. The molecular weight excluding hydrogens is 274 g/mol. The van der Waals surface area contributed by atoms with E-state index in [1.54, 1.807) is 5.38 Å². The van der Waals surface area contributed by atoms with Gasteiger partial charge in [0.05, 0.1) is 10.6 Å². The molecule has 8 heteroatoms. The van der Waals surface area contributed by atoms with Crippen molar-refractivity contribution < 1.29 is 13.2 Å². The Hall–Kier alpha value is -1.12. The van der Waals surface area contributed by atoms with Crippen molar-refractivity contribution in [3.05, 3.63) is 16.3 Å². The molecule has 3 N–H and O–H groups in total. The van der Waals surface area contributed by atoms with E-state index in [2.05, 4.69) is 4.72 Å². The molecule has 0 aromatic carbocycles. The predicted octanol–water partition coefficient (Wildman–Crippen LogP) is 0.990. The van der Waals surface area contributed by atoms with E-state index >= 15 is 0 Å². The van der Waals surface area contributed by atoms with Gasteiger partial charge in [0.25, 0.3) is 5.91 Å². The molecule has 2 rings (SSSR count). The quantitative estimate of drug-likeness (QED) is 0.865. The number of amides is 1. The van der Waals surface area contributed by atoms with E-state index in [0.717, 1.165) is 30.6 Å². The van der Waals surface area contributed by atoms with E-state index in [-0.39, 0.29) is 0 Å². The number of anilines is 1. The van der Waals surface area contributed by atoms with Gasteiger partial charge in [-0.3, -0.25) is 9.52 Å². The van der Waals surface area contributed by atoms with Gasteiger partial charge in [-0.15, -0.1) is 11.3 Å². The van der Waals surface area contributed by atoms with E-state index < -0.39 is 16.1 Å². The number of nitrogens with two attached hydrogens (primary N) is 1. The minimum Gasteiger partial charge on any atom is -0.365 e. The van der Waals surface area contributed by atoms with Crippen LogP contribution in [0.2, 0.25) is 0 Å². The maximum Gasteiger partial charge on any atom is 0.301 e. The molecule has 1 aliphatic rings. The number of nitrogens with zero attached hydrogens (tertiary/aromatic N) is 1. The monoisotopic (exact) mass is 289 g/mol. The van der Waals surface area contributed by atoms with Crippen molar-refractivity contribution in [2.24, 2.45) is 5.73 Å². The first-order valence-electron chi connectivity index (χ1n) is 5.65. The first-order valence-corrected chi connectivity index (χ1v) is 7.97. The lowest BCUT2D eigenvalue weighted by atomic mass is 10.2. The van der Waals surface area contributed by atoms with Gasteiger partial charge in [0.2, 0.25) is 0 Å². The summed E-state index contributed by atoms with van der Waals surface area (Å²) in [5, 5.41) is 1.57. The first kappa shape index (κ1) is 13.3. The number of hydrogen-bond donors (Lipinski definition) is 2. The van der Waals surface area contributed by atoms with Crippen molar-refractivity contribution in [1.82, 2.24) is 4.31 Å². The van der Waals surface area contributed by atoms with Crippen LogP contribution in [0.25, 0.3) is 0 Å². The molecule has 1 aliphatic heterocycles. The normalized spacial score (nSPS) is 17.6. The Morgan fingerprint density at radius 2 is 2.00 bits per heavy atom. The Morgan fingerprint density at radius 1 is 1.33 bits per heavy atom. The lowest BCUT2D eigenvalue weighted by Gasteiger charge is -2.25. The molecule has 18 heavy (non-hydrogen) atoms. The highest BCUT2D eigenvalue weighted by Crippen LogP contribution is 2.22. The molecule has 0 spiro atoms. The molecule has 2 heterocycles. The van der Waals surface area contributed by atoms with Gasteiger partial charge < -0.3 is 5.73 Å². The summed E-state index contributed by atoms with van der Waals surface area (Å²) in [7, 11) is -3.51. The van der Waals surface area contributed by atoms with Crippen LogP contribution in [0.4, 0.5) is 5.69 Å². The summed E-state index contributed by atoms with van der Waals surface area (Å²) in [4.78, 5) is 11.3. The third-order valence-electron chi connectivity index (χ3n) is 2.74. The molecule has 0 atom stereocenters. The number of nitrogens with one attached hydrogen (secondary N) is 1. The van der Waals surface area contributed by atoms with Gasteiger partial charge in [-0.25, -0.2) is 0 Å². The van der Waals surface area contributed by atoms with Crippen molar-refractivity contribution >= 4 is 33.1 Å². The van der Waals surface area contributed by atoms with Crippen LogP contribution in [0.5, 0.6) is 0 Å². The summed E-state index contributed by atoms with van der Waals surface area (Å²) >= 11 is 1.12. The minimum absolute atomic E-state index is 0.339. The van der Waals surface area contributed by atoms with Crippen molar-refractivity contribution in [3.8, 4) is 0 Å². The molecule has 1 aromatic heterocycles. The van der Waals surface area contributed by atoms with Crippen LogP contribution >= 0.6 is 11.3 Å². The second-order valence-corrected chi connectivity index (χ2v) is 6.71. The van der Waals surface area contributed by atoms with Crippen molar-refractivity contribution in [2.75, 3.05) is 17.8 Å². The zero-order chi connectivity index (χ0) is 13.2. The fourth-order valence-electron chi connectivity index (χ4n) is 1.84. The lowest BCUT2D eigenvalue weighted by molar-refractivity contribution is 0.100. The van der Waals surface area contributed by atoms with E-state index in [4.69, 9.17) is 5.73 Å². The Bertz CT molecular complexity index is 532. The summed E-state index contributed by atoms with van der Waals surface area (Å²) in [5.41, 5.74) is 5.51. The molecule has 0 aliphatic carbocycles. The number of primary amides is 1. The summed E-state index contributed by atoms with van der Waals surface area (Å²) < 4.78 is 28.0. The first-order chi connectivity index (χ1) is 8.49. The molecule has 1 aromatic rings. The van der Waals surface area contributed by atoms with Crippen molar-refractivity contribution in [3.63, 3.8) is 0 Å². The highest BCUT2D eigenvalue weighted by molar-refractivity contribution is 7.90. The highest BCUT2D eigenvalue weighted by Gasteiger charge is 2.24. The predicted molar refractivity (Wildman–Crippen MR) is 70.8 cm³/mol. The Balaban J connectivity index is 2.08. The van der Waals surface area contributed by atoms with E-state index in [1.807, 2.05) is 0 Å². The summed E-state index contributed by atoms with van der Waals surface area (Å²) in [6.07, 6.45) is 2.84. The fraction of sp³-hybridized carbons (Fsp3) is 0.500. The average molecular weight is 289 g/mol. The van der Waals surface area contributed by atoms with Crippen LogP contribution in [0.3, 0.4) is 0 Å². The van der Waals surface area contributed by atoms with Crippen molar-refractivity contribution in [2.45, 2.75) is 19.3 Å². The van der Waals surface area contributed by atoms with E-state index in [0.29, 0.717) is 23.7 Å². The lowest BCUT2D eigenvalue weighted by Crippen LogP contribution is -2.39. The van der Waals surface area contributed by atoms with Gasteiger partial charge in [0.15, 0.2) is 0 Å². The summed E-state index contributed by atoms with van der Waals surface area (Å²) in [6, 6.07) is 1.45. The van der Waals surface area contributed by atoms with Gasteiger partial charge in [-0.05, 0) is 18.9 Å². The van der Waals surface area contributed by atoms with E-state index in [1.165, 1.54) is 10.4 Å². The molecule has 0 unspecified atom stereocenters. The number of carbonyl (C=O) groups excluding carboxylic acids is 1. The number of carbonyl (C=O) groups is 1. The zero-order valence-corrected chi connectivity index (χ0v) is 11.4. The second-order valence-electron chi connectivity index (χ2n) is 4.13. The number of rotatable bonds is 4.